The molecule has 6 nitrogen and oxygen atoms in total. The van der Waals surface area contributed by atoms with Gasteiger partial charge >= 0.3 is 0 Å². The first kappa shape index (κ1) is 16.6. The zero-order chi connectivity index (χ0) is 17.8. The van der Waals surface area contributed by atoms with Crippen LogP contribution in [-0.4, -0.2) is 21.0 Å². The molecule has 25 heavy (non-hydrogen) atoms. The second-order valence-electron chi connectivity index (χ2n) is 5.93. The third-order valence-electron chi connectivity index (χ3n) is 3.60. The Balaban J connectivity index is 1.75. The summed E-state index contributed by atoms with van der Waals surface area (Å²) in [4.78, 5) is 15.7. The summed E-state index contributed by atoms with van der Waals surface area (Å²) in [5, 5.41) is 14.3. The lowest BCUT2D eigenvalue weighted by Gasteiger charge is -2.09. The summed E-state index contributed by atoms with van der Waals surface area (Å²) in [5.74, 6) is 1.02. The highest BCUT2D eigenvalue weighted by atomic mass is 16.1. The van der Waals surface area contributed by atoms with E-state index in [2.05, 4.69) is 31.9 Å². The predicted molar refractivity (Wildman–Crippen MR) is 98.8 cm³/mol. The Morgan fingerprint density at radius 3 is 2.24 bits per heavy atom. The molecule has 0 aliphatic heterocycles. The molecule has 0 aliphatic carbocycles. The van der Waals surface area contributed by atoms with E-state index in [1.807, 2.05) is 38.1 Å². The Kier molecular flexibility index (Phi) is 4.70. The van der Waals surface area contributed by atoms with Crippen LogP contribution < -0.4 is 10.6 Å². The molecule has 0 aliphatic rings. The van der Waals surface area contributed by atoms with Gasteiger partial charge in [0.1, 0.15) is 0 Å². The fraction of sp³-hybridized carbons (Fsp3) is 0.158. The van der Waals surface area contributed by atoms with E-state index in [1.54, 1.807) is 25.3 Å². The molecule has 0 radical (unpaired) electrons. The molecule has 1 heterocycles. The van der Waals surface area contributed by atoms with E-state index < -0.39 is 0 Å². The molecule has 0 fully saturated rings. The second-order valence-corrected chi connectivity index (χ2v) is 5.93. The second kappa shape index (κ2) is 7.09. The monoisotopic (exact) mass is 333 g/mol. The van der Waals surface area contributed by atoms with E-state index >= 15 is 0 Å². The van der Waals surface area contributed by atoms with Crippen molar-refractivity contribution in [2.75, 3.05) is 10.6 Å². The van der Waals surface area contributed by atoms with Crippen LogP contribution in [-0.2, 0) is 0 Å². The Hall–Kier alpha value is -3.28. The van der Waals surface area contributed by atoms with Crippen molar-refractivity contribution in [3.05, 3.63) is 65.4 Å². The summed E-state index contributed by atoms with van der Waals surface area (Å²) in [6.45, 7) is 5.63. The highest BCUT2D eigenvalue weighted by molar-refractivity contribution is 5.94. The van der Waals surface area contributed by atoms with Gasteiger partial charge in [-0.05, 0) is 68.3 Å². The molecule has 0 amide bonds. The highest BCUT2D eigenvalue weighted by Gasteiger charge is 2.04. The van der Waals surface area contributed by atoms with Crippen molar-refractivity contribution in [3.8, 4) is 0 Å². The zero-order valence-corrected chi connectivity index (χ0v) is 14.4. The first-order chi connectivity index (χ1) is 12.0. The van der Waals surface area contributed by atoms with E-state index in [4.69, 9.17) is 0 Å². The topological polar surface area (TPSA) is 79.8 Å². The van der Waals surface area contributed by atoms with Gasteiger partial charge in [0.25, 0.3) is 0 Å². The quantitative estimate of drug-likeness (QED) is 0.682. The van der Waals surface area contributed by atoms with Gasteiger partial charge in [-0.1, -0.05) is 6.07 Å². The van der Waals surface area contributed by atoms with Gasteiger partial charge in [0.15, 0.2) is 11.6 Å². The number of aryl methyl sites for hydroxylation is 2. The molecule has 0 atom stereocenters. The summed E-state index contributed by atoms with van der Waals surface area (Å²) < 4.78 is 0. The summed E-state index contributed by atoms with van der Waals surface area (Å²) in [7, 11) is 0. The van der Waals surface area contributed by atoms with Gasteiger partial charge in [-0.15, -0.1) is 5.10 Å². The van der Waals surface area contributed by atoms with Gasteiger partial charge in [-0.25, -0.2) is 0 Å². The summed E-state index contributed by atoms with van der Waals surface area (Å²) in [6, 6.07) is 13.4. The average molecular weight is 333 g/mol. The Morgan fingerprint density at radius 1 is 0.920 bits per heavy atom. The molecule has 6 heteroatoms. The molecule has 0 saturated heterocycles. The van der Waals surface area contributed by atoms with Crippen molar-refractivity contribution in [1.29, 1.82) is 0 Å². The minimum atomic E-state index is 0.0372. The Morgan fingerprint density at radius 2 is 1.60 bits per heavy atom. The molecule has 3 aromatic rings. The minimum absolute atomic E-state index is 0.0372. The highest BCUT2D eigenvalue weighted by Crippen LogP contribution is 2.19. The third kappa shape index (κ3) is 4.38. The van der Waals surface area contributed by atoms with Crippen molar-refractivity contribution in [2.45, 2.75) is 20.8 Å². The normalized spacial score (nSPS) is 10.4. The zero-order valence-electron chi connectivity index (χ0n) is 14.4. The molecule has 2 aromatic carbocycles. The van der Waals surface area contributed by atoms with Gasteiger partial charge in [-0.3, -0.25) is 4.79 Å². The van der Waals surface area contributed by atoms with Crippen LogP contribution in [0.5, 0.6) is 0 Å². The largest absolute Gasteiger partial charge is 0.339 e. The lowest BCUT2D eigenvalue weighted by Crippen LogP contribution is -2.03. The molecule has 2 N–H and O–H groups in total. The maximum absolute atomic E-state index is 11.3. The number of anilines is 4. The number of hydrogen-bond acceptors (Lipinski definition) is 6. The van der Waals surface area contributed by atoms with Crippen LogP contribution in [0, 0.1) is 13.8 Å². The van der Waals surface area contributed by atoms with E-state index in [1.165, 1.54) is 0 Å². The fourth-order valence-electron chi connectivity index (χ4n) is 2.53. The van der Waals surface area contributed by atoms with Crippen molar-refractivity contribution in [1.82, 2.24) is 15.2 Å². The van der Waals surface area contributed by atoms with Crippen molar-refractivity contribution in [2.24, 2.45) is 0 Å². The van der Waals surface area contributed by atoms with E-state index in [-0.39, 0.29) is 5.78 Å². The lowest BCUT2D eigenvalue weighted by molar-refractivity contribution is 0.101. The van der Waals surface area contributed by atoms with Gasteiger partial charge in [0.05, 0.1) is 6.20 Å². The van der Waals surface area contributed by atoms with Crippen molar-refractivity contribution >= 4 is 28.9 Å². The van der Waals surface area contributed by atoms with E-state index in [9.17, 15) is 4.79 Å². The average Bonchev–Trinajstić information content (AvgIpc) is 2.54. The van der Waals surface area contributed by atoms with Gasteiger partial charge in [0, 0.05) is 16.9 Å². The molecule has 0 spiro atoms. The van der Waals surface area contributed by atoms with Crippen LogP contribution in [0.1, 0.15) is 28.4 Å². The summed E-state index contributed by atoms with van der Waals surface area (Å²) in [6.07, 6.45) is 1.55. The van der Waals surface area contributed by atoms with Crippen LogP contribution in [0.2, 0.25) is 0 Å². The van der Waals surface area contributed by atoms with Gasteiger partial charge < -0.3 is 10.6 Å². The smallest absolute Gasteiger partial charge is 0.249 e. The maximum atomic E-state index is 11.3. The van der Waals surface area contributed by atoms with Crippen LogP contribution in [0.3, 0.4) is 0 Å². The van der Waals surface area contributed by atoms with Gasteiger partial charge in [0.2, 0.25) is 5.95 Å². The molecular formula is C19H19N5O. The van der Waals surface area contributed by atoms with Gasteiger partial charge in [-0.2, -0.15) is 10.1 Å². The first-order valence-electron chi connectivity index (χ1n) is 7.93. The van der Waals surface area contributed by atoms with E-state index in [0.29, 0.717) is 17.3 Å². The number of carbonyl (C=O) groups is 1. The number of ketones is 1. The molecular weight excluding hydrogens is 314 g/mol. The molecule has 126 valence electrons. The summed E-state index contributed by atoms with van der Waals surface area (Å²) in [5.41, 5.74) is 4.74. The van der Waals surface area contributed by atoms with Crippen LogP contribution in [0.15, 0.2) is 48.7 Å². The molecule has 0 unspecified atom stereocenters. The number of benzene rings is 2. The molecule has 1 aromatic heterocycles. The predicted octanol–water partition coefficient (Wildman–Crippen LogP) is 4.18. The molecule has 3 rings (SSSR count). The Labute approximate surface area is 146 Å². The minimum Gasteiger partial charge on any atom is -0.339 e. The fourth-order valence-corrected chi connectivity index (χ4v) is 2.53. The van der Waals surface area contributed by atoms with E-state index in [0.717, 1.165) is 22.5 Å². The number of nitrogens with zero attached hydrogens (tertiary/aromatic N) is 3. The number of aromatic nitrogens is 3. The third-order valence-corrected chi connectivity index (χ3v) is 3.60. The summed E-state index contributed by atoms with van der Waals surface area (Å²) >= 11 is 0. The van der Waals surface area contributed by atoms with Crippen molar-refractivity contribution < 1.29 is 4.79 Å². The maximum Gasteiger partial charge on any atom is 0.249 e. The number of carbonyl (C=O) groups excluding carboxylic acids is 1. The number of rotatable bonds is 5. The number of hydrogen-bond donors (Lipinski definition) is 2. The van der Waals surface area contributed by atoms with Crippen LogP contribution >= 0.6 is 0 Å². The molecule has 0 bridgehead atoms. The number of nitrogens with one attached hydrogen (secondary N) is 2. The first-order valence-corrected chi connectivity index (χ1v) is 7.93. The Bertz CT molecular complexity index is 886. The van der Waals surface area contributed by atoms with Crippen molar-refractivity contribution in [3.63, 3.8) is 0 Å². The SMILES string of the molecule is CC(=O)c1ccc(Nc2cnnc(Nc3cc(C)cc(C)c3)n2)cc1. The van der Waals surface area contributed by atoms with Crippen LogP contribution in [0.4, 0.5) is 23.1 Å². The standard InChI is InChI=1S/C19H19N5O/c1-12-8-13(2)10-17(9-12)22-19-23-18(11-20-24-19)21-16-6-4-15(5-7-16)14(3)25/h4-11H,1-3H3,(H2,21,22,23,24). The number of Topliss-reactive ketones (excluding diaryl/α,β-unsaturated/α-hetero) is 1. The molecule has 0 saturated carbocycles. The lowest BCUT2D eigenvalue weighted by atomic mass is 10.1. The van der Waals surface area contributed by atoms with Crippen LogP contribution in [0.25, 0.3) is 0 Å².